The highest BCUT2D eigenvalue weighted by atomic mass is 19.2. The Kier molecular flexibility index (Phi) is 3.98. The van der Waals surface area contributed by atoms with Crippen LogP contribution in [0.3, 0.4) is 0 Å². The third-order valence-corrected chi connectivity index (χ3v) is 2.60. The number of nitrogens with zero attached hydrogens (tertiary/aromatic N) is 2. The molecule has 19 heavy (non-hydrogen) atoms. The van der Waals surface area contributed by atoms with Crippen LogP contribution in [0.4, 0.5) is 8.78 Å². The molecule has 1 heterocycles. The van der Waals surface area contributed by atoms with Crippen LogP contribution in [0.5, 0.6) is 5.88 Å². The van der Waals surface area contributed by atoms with Gasteiger partial charge in [-0.3, -0.25) is 10.8 Å². The largest absolute Gasteiger partial charge is 0.480 e. The fraction of sp³-hybridized carbons (Fsp3) is 0.167. The van der Waals surface area contributed by atoms with Crippen LogP contribution < -0.4 is 16.0 Å². The number of benzene rings is 1. The molecule has 0 aliphatic heterocycles. The first-order valence-electron chi connectivity index (χ1n) is 5.43. The van der Waals surface area contributed by atoms with E-state index in [4.69, 9.17) is 10.6 Å². The van der Waals surface area contributed by atoms with Crippen molar-refractivity contribution in [2.45, 2.75) is 6.04 Å². The molecule has 100 valence electrons. The van der Waals surface area contributed by atoms with Gasteiger partial charge in [-0.2, -0.15) is 0 Å². The van der Waals surface area contributed by atoms with E-state index in [2.05, 4.69) is 15.4 Å². The molecule has 0 radical (unpaired) electrons. The van der Waals surface area contributed by atoms with Gasteiger partial charge in [-0.25, -0.2) is 19.2 Å². The summed E-state index contributed by atoms with van der Waals surface area (Å²) in [6, 6.07) is 2.84. The summed E-state index contributed by atoms with van der Waals surface area (Å²) < 4.78 is 31.3. The third-order valence-electron chi connectivity index (χ3n) is 2.60. The second kappa shape index (κ2) is 5.68. The van der Waals surface area contributed by atoms with E-state index in [1.54, 1.807) is 0 Å². The number of nitrogens with one attached hydrogen (secondary N) is 1. The average Bonchev–Trinajstić information content (AvgIpc) is 2.44. The number of hydrogen-bond donors (Lipinski definition) is 2. The molecule has 2 rings (SSSR count). The van der Waals surface area contributed by atoms with Gasteiger partial charge in [-0.05, 0) is 17.7 Å². The fourth-order valence-electron chi connectivity index (χ4n) is 1.72. The van der Waals surface area contributed by atoms with Crippen LogP contribution in [-0.2, 0) is 0 Å². The molecule has 1 aromatic heterocycles. The zero-order chi connectivity index (χ0) is 13.8. The Morgan fingerprint density at radius 3 is 2.58 bits per heavy atom. The molecule has 2 aromatic rings. The van der Waals surface area contributed by atoms with E-state index < -0.39 is 17.7 Å². The van der Waals surface area contributed by atoms with Gasteiger partial charge in [0.15, 0.2) is 11.6 Å². The van der Waals surface area contributed by atoms with Crippen LogP contribution in [0, 0.1) is 11.6 Å². The zero-order valence-electron chi connectivity index (χ0n) is 10.1. The van der Waals surface area contributed by atoms with Crippen molar-refractivity contribution in [2.24, 2.45) is 5.84 Å². The van der Waals surface area contributed by atoms with Gasteiger partial charge in [-0.15, -0.1) is 0 Å². The molecular weight excluding hydrogens is 254 g/mol. The molecular formula is C12H12F2N4O. The van der Waals surface area contributed by atoms with E-state index in [1.807, 2.05) is 0 Å². The molecule has 1 unspecified atom stereocenters. The fourth-order valence-corrected chi connectivity index (χ4v) is 1.72. The van der Waals surface area contributed by atoms with Crippen LogP contribution in [0.25, 0.3) is 0 Å². The lowest BCUT2D eigenvalue weighted by atomic mass is 10.0. The maximum absolute atomic E-state index is 13.3. The number of halogens is 2. The van der Waals surface area contributed by atoms with Gasteiger partial charge in [0.25, 0.3) is 0 Å². The van der Waals surface area contributed by atoms with Crippen molar-refractivity contribution in [1.29, 1.82) is 0 Å². The molecule has 1 aromatic carbocycles. The first-order chi connectivity index (χ1) is 9.17. The van der Waals surface area contributed by atoms with Gasteiger partial charge in [-0.1, -0.05) is 6.07 Å². The van der Waals surface area contributed by atoms with Crippen molar-refractivity contribution in [1.82, 2.24) is 15.4 Å². The van der Waals surface area contributed by atoms with Crippen LogP contribution in [0.2, 0.25) is 0 Å². The Morgan fingerprint density at radius 1 is 1.21 bits per heavy atom. The molecule has 0 spiro atoms. The first-order valence-corrected chi connectivity index (χ1v) is 5.43. The molecule has 1 atom stereocenters. The first kappa shape index (κ1) is 13.3. The Hall–Kier alpha value is -2.12. The predicted molar refractivity (Wildman–Crippen MR) is 64.1 cm³/mol. The van der Waals surface area contributed by atoms with Gasteiger partial charge in [0.1, 0.15) is 5.69 Å². The lowest BCUT2D eigenvalue weighted by molar-refractivity contribution is 0.382. The van der Waals surface area contributed by atoms with Gasteiger partial charge in [0, 0.05) is 12.4 Å². The summed E-state index contributed by atoms with van der Waals surface area (Å²) in [6.45, 7) is 0. The Balaban J connectivity index is 2.46. The van der Waals surface area contributed by atoms with Crippen molar-refractivity contribution in [2.75, 3.05) is 7.11 Å². The van der Waals surface area contributed by atoms with Crippen molar-refractivity contribution in [3.8, 4) is 5.88 Å². The van der Waals surface area contributed by atoms with Crippen LogP contribution >= 0.6 is 0 Å². The van der Waals surface area contributed by atoms with E-state index >= 15 is 0 Å². The molecule has 0 aliphatic carbocycles. The summed E-state index contributed by atoms with van der Waals surface area (Å²) in [7, 11) is 1.44. The standard InChI is InChI=1S/C12H12F2N4O/c1-19-12-11(16-4-5-17-12)10(18-15)7-2-3-8(13)9(14)6-7/h2-6,10,18H,15H2,1H3. The predicted octanol–water partition coefficient (Wildman–Crippen LogP) is 1.32. The Labute approximate surface area is 108 Å². The van der Waals surface area contributed by atoms with Gasteiger partial charge >= 0.3 is 0 Å². The molecule has 7 heteroatoms. The Bertz CT molecular complexity index is 579. The van der Waals surface area contributed by atoms with Gasteiger partial charge in [0.05, 0.1) is 13.2 Å². The number of hydrazine groups is 1. The minimum atomic E-state index is -0.958. The lowest BCUT2D eigenvalue weighted by Gasteiger charge is -2.17. The number of ether oxygens (including phenoxy) is 1. The molecule has 0 saturated carbocycles. The van der Waals surface area contributed by atoms with E-state index in [0.29, 0.717) is 11.3 Å². The maximum Gasteiger partial charge on any atom is 0.237 e. The quantitative estimate of drug-likeness (QED) is 0.645. The highest BCUT2D eigenvalue weighted by molar-refractivity contribution is 5.33. The van der Waals surface area contributed by atoms with Crippen molar-refractivity contribution in [3.05, 3.63) is 53.5 Å². The molecule has 0 aliphatic rings. The molecule has 5 nitrogen and oxygen atoms in total. The van der Waals surface area contributed by atoms with Gasteiger partial charge < -0.3 is 4.74 Å². The summed E-state index contributed by atoms with van der Waals surface area (Å²) in [4.78, 5) is 8.09. The summed E-state index contributed by atoms with van der Waals surface area (Å²) in [5.41, 5.74) is 3.29. The smallest absolute Gasteiger partial charge is 0.237 e. The minimum absolute atomic E-state index is 0.259. The second-order valence-corrected chi connectivity index (χ2v) is 3.72. The highest BCUT2D eigenvalue weighted by Crippen LogP contribution is 2.26. The minimum Gasteiger partial charge on any atom is -0.480 e. The molecule has 0 fully saturated rings. The van der Waals surface area contributed by atoms with E-state index in [-0.39, 0.29) is 5.88 Å². The van der Waals surface area contributed by atoms with Crippen molar-refractivity contribution in [3.63, 3.8) is 0 Å². The maximum atomic E-state index is 13.3. The van der Waals surface area contributed by atoms with Crippen LogP contribution in [-0.4, -0.2) is 17.1 Å². The number of methoxy groups -OCH3 is 1. The normalized spacial score (nSPS) is 12.2. The average molecular weight is 266 g/mol. The lowest BCUT2D eigenvalue weighted by Crippen LogP contribution is -2.30. The number of hydrogen-bond acceptors (Lipinski definition) is 5. The van der Waals surface area contributed by atoms with E-state index in [1.165, 1.54) is 25.6 Å². The monoisotopic (exact) mass is 266 g/mol. The van der Waals surface area contributed by atoms with Gasteiger partial charge in [0.2, 0.25) is 5.88 Å². The van der Waals surface area contributed by atoms with Crippen LogP contribution in [0.1, 0.15) is 17.3 Å². The Morgan fingerprint density at radius 2 is 1.95 bits per heavy atom. The summed E-state index contributed by atoms with van der Waals surface area (Å²) in [5.74, 6) is 3.84. The molecule has 0 bridgehead atoms. The molecule has 3 N–H and O–H groups in total. The van der Waals surface area contributed by atoms with Crippen molar-refractivity contribution < 1.29 is 13.5 Å². The van der Waals surface area contributed by atoms with Crippen LogP contribution in [0.15, 0.2) is 30.6 Å². The number of nitrogens with two attached hydrogens (primary N) is 1. The van der Waals surface area contributed by atoms with E-state index in [0.717, 1.165) is 12.1 Å². The van der Waals surface area contributed by atoms with Crippen molar-refractivity contribution >= 4 is 0 Å². The zero-order valence-corrected chi connectivity index (χ0v) is 10.1. The highest BCUT2D eigenvalue weighted by Gasteiger charge is 2.20. The van der Waals surface area contributed by atoms with E-state index in [9.17, 15) is 8.78 Å². The molecule has 0 amide bonds. The topological polar surface area (TPSA) is 73.1 Å². The third kappa shape index (κ3) is 2.67. The summed E-state index contributed by atoms with van der Waals surface area (Å²) in [6.07, 6.45) is 2.92. The summed E-state index contributed by atoms with van der Waals surface area (Å²) >= 11 is 0. The SMILES string of the molecule is COc1nccnc1C(NN)c1ccc(F)c(F)c1. The number of rotatable bonds is 4. The number of aromatic nitrogens is 2. The molecule has 0 saturated heterocycles. The summed E-state index contributed by atoms with van der Waals surface area (Å²) in [5, 5.41) is 0. The second-order valence-electron chi connectivity index (χ2n) is 3.72.